The van der Waals surface area contributed by atoms with E-state index in [1.54, 1.807) is 36.0 Å². The minimum atomic E-state index is -0.176. The summed E-state index contributed by atoms with van der Waals surface area (Å²) in [4.78, 5) is 11.8. The first-order valence-corrected chi connectivity index (χ1v) is 7.84. The molecule has 1 saturated carbocycles. The number of carbonyl (C=O) groups excluding carboxylic acids is 1. The summed E-state index contributed by atoms with van der Waals surface area (Å²) in [6, 6.07) is 6.84. The molecule has 4 N–H and O–H groups in total. The van der Waals surface area contributed by atoms with Crippen molar-refractivity contribution >= 4 is 23.5 Å². The molecule has 1 aromatic rings. The lowest BCUT2D eigenvalue weighted by Crippen LogP contribution is -2.35. The lowest BCUT2D eigenvalue weighted by molar-refractivity contribution is -0.123. The van der Waals surface area contributed by atoms with Crippen molar-refractivity contribution in [2.24, 2.45) is 10.9 Å². The third-order valence-electron chi connectivity index (χ3n) is 3.48. The van der Waals surface area contributed by atoms with Crippen LogP contribution >= 0.6 is 11.8 Å². The number of rotatable bonds is 7. The molecule has 1 aromatic carbocycles. The van der Waals surface area contributed by atoms with E-state index in [9.17, 15) is 4.79 Å². The third kappa shape index (κ3) is 4.04. The average molecular weight is 309 g/mol. The minimum absolute atomic E-state index is 0.0506. The molecule has 0 bridgehead atoms. The van der Waals surface area contributed by atoms with Gasteiger partial charge in [-0.25, -0.2) is 0 Å². The number of ether oxygens (including phenoxy) is 1. The van der Waals surface area contributed by atoms with Crippen LogP contribution in [0.15, 0.2) is 29.4 Å². The molecule has 0 radical (unpaired) electrons. The Hall–Kier alpha value is -1.89. The topological polar surface area (TPSA) is 96.9 Å². The highest BCUT2D eigenvalue weighted by Gasteiger charge is 2.41. The summed E-state index contributed by atoms with van der Waals surface area (Å²) in [7, 11) is 0. The van der Waals surface area contributed by atoms with Crippen LogP contribution in [-0.2, 0) is 4.79 Å². The van der Waals surface area contributed by atoms with Gasteiger partial charge in [-0.2, -0.15) is 11.8 Å². The van der Waals surface area contributed by atoms with Crippen LogP contribution in [0.5, 0.6) is 5.75 Å². The molecule has 1 amide bonds. The van der Waals surface area contributed by atoms with Crippen LogP contribution in [0.25, 0.3) is 0 Å². The quantitative estimate of drug-likeness (QED) is 0.304. The van der Waals surface area contributed by atoms with Gasteiger partial charge in [0.05, 0.1) is 5.56 Å². The van der Waals surface area contributed by atoms with E-state index >= 15 is 0 Å². The predicted molar refractivity (Wildman–Crippen MR) is 82.9 cm³/mol. The van der Waals surface area contributed by atoms with E-state index in [2.05, 4.69) is 16.7 Å². The second kappa shape index (κ2) is 6.71. The number of benzene rings is 1. The molecule has 1 aliphatic rings. The van der Waals surface area contributed by atoms with Crippen LogP contribution < -0.4 is 15.8 Å². The second-order valence-electron chi connectivity index (χ2n) is 4.93. The van der Waals surface area contributed by atoms with Gasteiger partial charge in [0.2, 0.25) is 0 Å². The Morgan fingerprint density at radius 2 is 2.24 bits per heavy atom. The van der Waals surface area contributed by atoms with E-state index in [0.717, 1.165) is 12.8 Å². The molecule has 6 nitrogen and oxygen atoms in total. The first kappa shape index (κ1) is 15.5. The van der Waals surface area contributed by atoms with E-state index in [1.165, 1.54) is 0 Å². The average Bonchev–Trinajstić information content (AvgIpc) is 3.31. The molecular weight excluding hydrogens is 290 g/mol. The van der Waals surface area contributed by atoms with Gasteiger partial charge in [0.15, 0.2) is 12.4 Å². The van der Waals surface area contributed by atoms with E-state index < -0.39 is 0 Å². The molecule has 114 valence electrons. The van der Waals surface area contributed by atoms with Crippen molar-refractivity contribution in [3.05, 3.63) is 29.8 Å². The van der Waals surface area contributed by atoms with Gasteiger partial charge in [0.1, 0.15) is 5.75 Å². The van der Waals surface area contributed by atoms with Gasteiger partial charge in [-0.1, -0.05) is 17.3 Å². The molecule has 0 heterocycles. The highest BCUT2D eigenvalue weighted by molar-refractivity contribution is 8.00. The largest absolute Gasteiger partial charge is 0.483 e. The number of carbonyl (C=O) groups is 1. The second-order valence-corrected chi connectivity index (χ2v) is 6.21. The number of amides is 1. The molecule has 21 heavy (non-hydrogen) atoms. The number of nitrogens with one attached hydrogen (secondary N) is 1. The van der Waals surface area contributed by atoms with Crippen molar-refractivity contribution in [1.29, 1.82) is 0 Å². The highest BCUT2D eigenvalue weighted by Crippen LogP contribution is 2.46. The number of nitrogens with zero attached hydrogens (tertiary/aromatic N) is 1. The lowest BCUT2D eigenvalue weighted by Gasteiger charge is -2.14. The number of amidine groups is 1. The Morgan fingerprint density at radius 1 is 1.52 bits per heavy atom. The minimum Gasteiger partial charge on any atom is -0.483 e. The van der Waals surface area contributed by atoms with Crippen LogP contribution in [0.4, 0.5) is 0 Å². The summed E-state index contributed by atoms with van der Waals surface area (Å²) in [6.07, 6.45) is 4.34. The van der Waals surface area contributed by atoms with Gasteiger partial charge in [0.25, 0.3) is 5.91 Å². The van der Waals surface area contributed by atoms with Gasteiger partial charge in [-0.3, -0.25) is 4.79 Å². The van der Waals surface area contributed by atoms with Crippen LogP contribution in [0, 0.1) is 0 Å². The van der Waals surface area contributed by atoms with Crippen molar-refractivity contribution in [2.75, 3.05) is 19.4 Å². The summed E-state index contributed by atoms with van der Waals surface area (Å²) >= 11 is 1.79. The maximum atomic E-state index is 11.8. The summed E-state index contributed by atoms with van der Waals surface area (Å²) in [5.41, 5.74) is 6.01. The van der Waals surface area contributed by atoms with E-state index in [4.69, 9.17) is 15.7 Å². The molecule has 0 unspecified atom stereocenters. The van der Waals surface area contributed by atoms with Gasteiger partial charge < -0.3 is 21.0 Å². The van der Waals surface area contributed by atoms with Crippen LogP contribution in [0.1, 0.15) is 18.4 Å². The van der Waals surface area contributed by atoms with Gasteiger partial charge >= 0.3 is 0 Å². The fourth-order valence-corrected chi connectivity index (χ4v) is 2.63. The Kier molecular flexibility index (Phi) is 4.95. The zero-order chi connectivity index (χ0) is 15.3. The molecule has 2 rings (SSSR count). The van der Waals surface area contributed by atoms with Gasteiger partial charge in [0, 0.05) is 11.3 Å². The van der Waals surface area contributed by atoms with Crippen molar-refractivity contribution in [3.63, 3.8) is 0 Å². The van der Waals surface area contributed by atoms with Crippen LogP contribution in [0.2, 0.25) is 0 Å². The van der Waals surface area contributed by atoms with E-state index in [-0.39, 0.29) is 23.1 Å². The Morgan fingerprint density at radius 3 is 2.86 bits per heavy atom. The SMILES string of the molecule is CSC1(CNC(=O)COc2ccccc2/C(N)=N/O)CC1. The maximum Gasteiger partial charge on any atom is 0.257 e. The lowest BCUT2D eigenvalue weighted by atomic mass is 10.2. The fraction of sp³-hybridized carbons (Fsp3) is 0.429. The zero-order valence-corrected chi connectivity index (χ0v) is 12.7. The molecule has 1 fully saturated rings. The normalized spacial score (nSPS) is 16.3. The molecule has 1 aliphatic carbocycles. The fourth-order valence-electron chi connectivity index (χ4n) is 1.90. The first-order chi connectivity index (χ1) is 10.1. The molecule has 0 aromatic heterocycles. The monoisotopic (exact) mass is 309 g/mol. The maximum absolute atomic E-state index is 11.8. The highest BCUT2D eigenvalue weighted by atomic mass is 32.2. The zero-order valence-electron chi connectivity index (χ0n) is 11.8. The molecule has 7 heteroatoms. The Labute approximate surface area is 127 Å². The van der Waals surface area contributed by atoms with Crippen molar-refractivity contribution in [2.45, 2.75) is 17.6 Å². The molecule has 0 atom stereocenters. The van der Waals surface area contributed by atoms with Crippen molar-refractivity contribution in [1.82, 2.24) is 5.32 Å². The number of nitrogens with two attached hydrogens (primary N) is 1. The molecule has 0 aliphatic heterocycles. The predicted octanol–water partition coefficient (Wildman–Crippen LogP) is 1.17. The number of thioether (sulfide) groups is 1. The summed E-state index contributed by atoms with van der Waals surface area (Å²) in [6.45, 7) is 0.568. The van der Waals surface area contributed by atoms with Crippen molar-refractivity contribution in [3.8, 4) is 5.75 Å². The van der Waals surface area contributed by atoms with Crippen LogP contribution in [-0.4, -0.2) is 41.1 Å². The summed E-state index contributed by atoms with van der Waals surface area (Å²) in [5, 5.41) is 14.5. The summed E-state index contributed by atoms with van der Waals surface area (Å²) in [5.74, 6) is 0.184. The third-order valence-corrected chi connectivity index (χ3v) is 4.90. The number of para-hydroxylation sites is 1. The Bertz CT molecular complexity index is 544. The molecule has 0 spiro atoms. The van der Waals surface area contributed by atoms with Crippen LogP contribution in [0.3, 0.4) is 0 Å². The number of hydrogen-bond acceptors (Lipinski definition) is 5. The van der Waals surface area contributed by atoms with Gasteiger partial charge in [-0.15, -0.1) is 0 Å². The smallest absolute Gasteiger partial charge is 0.257 e. The van der Waals surface area contributed by atoms with Crippen molar-refractivity contribution < 1.29 is 14.7 Å². The van der Waals surface area contributed by atoms with E-state index in [1.807, 2.05) is 0 Å². The molecule has 0 saturated heterocycles. The number of hydrogen-bond donors (Lipinski definition) is 3. The van der Waals surface area contributed by atoms with Gasteiger partial charge in [-0.05, 0) is 31.2 Å². The number of oxime groups is 1. The standard InChI is InChI=1S/C14H19N3O3S/c1-21-14(6-7-14)9-16-12(18)8-20-11-5-3-2-4-10(11)13(15)17-19/h2-5,19H,6-9H2,1H3,(H2,15,17)(H,16,18). The van der Waals surface area contributed by atoms with E-state index in [0.29, 0.717) is 17.9 Å². The Balaban J connectivity index is 1.87. The molecular formula is C14H19N3O3S. The first-order valence-electron chi connectivity index (χ1n) is 6.62. The summed E-state index contributed by atoms with van der Waals surface area (Å²) < 4.78 is 5.67.